The van der Waals surface area contributed by atoms with Crippen LogP contribution in [0, 0.1) is 11.6 Å². The fourth-order valence-electron chi connectivity index (χ4n) is 2.03. The number of hydrogen-bond acceptors (Lipinski definition) is 3. The van der Waals surface area contributed by atoms with Crippen molar-refractivity contribution in [1.82, 2.24) is 4.98 Å². The van der Waals surface area contributed by atoms with Gasteiger partial charge in [0.1, 0.15) is 4.99 Å². The monoisotopic (exact) mass is 307 g/mol. The van der Waals surface area contributed by atoms with Gasteiger partial charge in [-0.15, -0.1) is 0 Å². The first-order chi connectivity index (χ1) is 10.0. The number of rotatable bonds is 5. The van der Waals surface area contributed by atoms with Crippen LogP contribution in [0.3, 0.4) is 0 Å². The number of benzene rings is 1. The number of aromatic nitrogens is 1. The summed E-state index contributed by atoms with van der Waals surface area (Å²) in [6.45, 7) is 2.77. The van der Waals surface area contributed by atoms with Crippen molar-refractivity contribution in [3.63, 3.8) is 0 Å². The summed E-state index contributed by atoms with van der Waals surface area (Å²) < 4.78 is 28.2. The van der Waals surface area contributed by atoms with Crippen molar-refractivity contribution in [3.05, 3.63) is 59.4 Å². The van der Waals surface area contributed by atoms with E-state index < -0.39 is 11.6 Å². The highest BCUT2D eigenvalue weighted by molar-refractivity contribution is 7.80. The number of thiocarbonyl (C=S) groups is 1. The van der Waals surface area contributed by atoms with Crippen LogP contribution in [0.25, 0.3) is 0 Å². The van der Waals surface area contributed by atoms with Gasteiger partial charge >= 0.3 is 0 Å². The fraction of sp³-hybridized carbons (Fsp3) is 0.200. The number of hydrogen-bond donors (Lipinski definition) is 1. The Bertz CT molecular complexity index is 647. The lowest BCUT2D eigenvalue weighted by Crippen LogP contribution is -2.25. The van der Waals surface area contributed by atoms with Crippen LogP contribution in [-0.2, 0) is 6.54 Å². The summed E-state index contributed by atoms with van der Waals surface area (Å²) in [6, 6.07) is 8.37. The standard InChI is InChI=1S/C15H15F2N3S/c1-2-20(9-10-5-3-4-8-19-10)12-7-6-11(15(18)21)13(16)14(12)17/h3-8H,2,9H2,1H3,(H2,18,21). The molecule has 0 saturated heterocycles. The zero-order valence-corrected chi connectivity index (χ0v) is 12.3. The van der Waals surface area contributed by atoms with E-state index in [1.54, 1.807) is 17.2 Å². The highest BCUT2D eigenvalue weighted by Crippen LogP contribution is 2.25. The Morgan fingerprint density at radius 3 is 2.57 bits per heavy atom. The second-order valence-corrected chi connectivity index (χ2v) is 4.90. The average molecular weight is 307 g/mol. The van der Waals surface area contributed by atoms with Gasteiger partial charge in [-0.2, -0.15) is 0 Å². The summed E-state index contributed by atoms with van der Waals surface area (Å²) in [7, 11) is 0. The van der Waals surface area contributed by atoms with Crippen LogP contribution in [0.15, 0.2) is 36.5 Å². The topological polar surface area (TPSA) is 42.2 Å². The lowest BCUT2D eigenvalue weighted by molar-refractivity contribution is 0.504. The second-order valence-electron chi connectivity index (χ2n) is 4.46. The summed E-state index contributed by atoms with van der Waals surface area (Å²) in [4.78, 5) is 5.73. The second kappa shape index (κ2) is 6.58. The van der Waals surface area contributed by atoms with Crippen molar-refractivity contribution in [1.29, 1.82) is 0 Å². The molecule has 2 rings (SSSR count). The maximum Gasteiger partial charge on any atom is 0.182 e. The van der Waals surface area contributed by atoms with E-state index in [1.807, 2.05) is 19.1 Å². The molecule has 0 saturated carbocycles. The van der Waals surface area contributed by atoms with Gasteiger partial charge in [0, 0.05) is 18.3 Å². The number of halogens is 2. The highest BCUT2D eigenvalue weighted by Gasteiger charge is 2.18. The minimum Gasteiger partial charge on any atom is -0.389 e. The third-order valence-electron chi connectivity index (χ3n) is 3.13. The Morgan fingerprint density at radius 2 is 2.00 bits per heavy atom. The van der Waals surface area contributed by atoms with Gasteiger partial charge in [-0.25, -0.2) is 8.78 Å². The molecule has 2 aromatic rings. The van der Waals surface area contributed by atoms with E-state index in [9.17, 15) is 8.78 Å². The van der Waals surface area contributed by atoms with Gasteiger partial charge < -0.3 is 10.6 Å². The Balaban J connectivity index is 2.35. The molecular weight excluding hydrogens is 292 g/mol. The first-order valence-corrected chi connectivity index (χ1v) is 6.88. The van der Waals surface area contributed by atoms with Gasteiger partial charge in [-0.05, 0) is 31.2 Å². The summed E-state index contributed by atoms with van der Waals surface area (Å²) in [5, 5.41) is 0. The Kier molecular flexibility index (Phi) is 4.80. The van der Waals surface area contributed by atoms with Crippen LogP contribution >= 0.6 is 12.2 Å². The molecule has 0 atom stereocenters. The predicted molar refractivity (Wildman–Crippen MR) is 83.2 cm³/mol. The molecule has 0 radical (unpaired) electrons. The van der Waals surface area contributed by atoms with E-state index in [4.69, 9.17) is 18.0 Å². The average Bonchev–Trinajstić information content (AvgIpc) is 2.48. The van der Waals surface area contributed by atoms with E-state index in [-0.39, 0.29) is 16.2 Å². The van der Waals surface area contributed by atoms with Crippen LogP contribution in [0.4, 0.5) is 14.5 Å². The van der Waals surface area contributed by atoms with Crippen molar-refractivity contribution < 1.29 is 8.78 Å². The molecule has 0 amide bonds. The number of pyridine rings is 1. The van der Waals surface area contributed by atoms with E-state index in [1.165, 1.54) is 12.1 Å². The van der Waals surface area contributed by atoms with E-state index in [2.05, 4.69) is 4.98 Å². The zero-order chi connectivity index (χ0) is 15.4. The van der Waals surface area contributed by atoms with Crippen LogP contribution < -0.4 is 10.6 Å². The smallest absolute Gasteiger partial charge is 0.182 e. The van der Waals surface area contributed by atoms with Crippen LogP contribution in [0.5, 0.6) is 0 Å². The first kappa shape index (κ1) is 15.3. The molecule has 1 aromatic carbocycles. The molecular formula is C15H15F2N3S. The largest absolute Gasteiger partial charge is 0.389 e. The summed E-state index contributed by atoms with van der Waals surface area (Å²) >= 11 is 4.70. The number of anilines is 1. The molecule has 6 heteroatoms. The van der Waals surface area contributed by atoms with Gasteiger partial charge in [-0.1, -0.05) is 18.3 Å². The van der Waals surface area contributed by atoms with E-state index >= 15 is 0 Å². The molecule has 0 aliphatic carbocycles. The molecule has 0 fully saturated rings. The maximum atomic E-state index is 14.2. The third kappa shape index (κ3) is 3.33. The lowest BCUT2D eigenvalue weighted by atomic mass is 10.1. The lowest BCUT2D eigenvalue weighted by Gasteiger charge is -2.23. The van der Waals surface area contributed by atoms with Crippen molar-refractivity contribution in [2.24, 2.45) is 5.73 Å². The number of nitrogens with zero attached hydrogens (tertiary/aromatic N) is 2. The summed E-state index contributed by atoms with van der Waals surface area (Å²) in [6.07, 6.45) is 1.66. The quantitative estimate of drug-likeness (QED) is 0.862. The SMILES string of the molecule is CCN(Cc1ccccn1)c1ccc(C(N)=S)c(F)c1F. The van der Waals surface area contributed by atoms with Crippen LogP contribution in [0.1, 0.15) is 18.2 Å². The van der Waals surface area contributed by atoms with Gasteiger partial charge in [0.2, 0.25) is 0 Å². The van der Waals surface area contributed by atoms with Gasteiger partial charge in [0.05, 0.1) is 17.9 Å². The zero-order valence-electron chi connectivity index (χ0n) is 11.5. The Hall–Kier alpha value is -2.08. The van der Waals surface area contributed by atoms with Crippen molar-refractivity contribution >= 4 is 22.9 Å². The molecule has 21 heavy (non-hydrogen) atoms. The number of nitrogens with two attached hydrogens (primary N) is 1. The predicted octanol–water partition coefficient (Wildman–Crippen LogP) is 3.02. The van der Waals surface area contributed by atoms with Crippen LogP contribution in [-0.4, -0.2) is 16.5 Å². The first-order valence-electron chi connectivity index (χ1n) is 6.47. The van der Waals surface area contributed by atoms with E-state index in [0.717, 1.165) is 5.69 Å². The highest BCUT2D eigenvalue weighted by atomic mass is 32.1. The summed E-state index contributed by atoms with van der Waals surface area (Å²) in [5.74, 6) is -1.96. The van der Waals surface area contributed by atoms with Crippen LogP contribution in [0.2, 0.25) is 0 Å². The third-order valence-corrected chi connectivity index (χ3v) is 3.35. The molecule has 0 bridgehead atoms. The van der Waals surface area contributed by atoms with Gasteiger partial charge in [0.25, 0.3) is 0 Å². The minimum absolute atomic E-state index is 0.0832. The molecule has 1 heterocycles. The van der Waals surface area contributed by atoms with E-state index in [0.29, 0.717) is 13.1 Å². The minimum atomic E-state index is -1.01. The van der Waals surface area contributed by atoms with Crippen molar-refractivity contribution in [2.45, 2.75) is 13.5 Å². The van der Waals surface area contributed by atoms with Crippen molar-refractivity contribution in [3.8, 4) is 0 Å². The molecule has 0 unspecified atom stereocenters. The molecule has 0 aliphatic heterocycles. The molecule has 2 N–H and O–H groups in total. The normalized spacial score (nSPS) is 10.4. The molecule has 110 valence electrons. The van der Waals surface area contributed by atoms with Crippen molar-refractivity contribution in [2.75, 3.05) is 11.4 Å². The molecule has 1 aromatic heterocycles. The fourth-order valence-corrected chi connectivity index (χ4v) is 2.19. The molecule has 0 spiro atoms. The Labute approximate surface area is 127 Å². The molecule has 0 aliphatic rings. The molecule has 3 nitrogen and oxygen atoms in total. The van der Waals surface area contributed by atoms with Gasteiger partial charge in [-0.3, -0.25) is 4.98 Å². The van der Waals surface area contributed by atoms with Gasteiger partial charge in [0.15, 0.2) is 11.6 Å². The maximum absolute atomic E-state index is 14.2. The Morgan fingerprint density at radius 1 is 1.24 bits per heavy atom. The summed E-state index contributed by atoms with van der Waals surface area (Å²) in [5.41, 5.74) is 6.23.